The molecule has 1 heterocycles. The summed E-state index contributed by atoms with van der Waals surface area (Å²) in [6, 6.07) is 4.05. The van der Waals surface area contributed by atoms with Crippen LogP contribution in [0.3, 0.4) is 0 Å². The molecule has 0 amide bonds. The first-order chi connectivity index (χ1) is 6.59. The number of phenolic OH excluding ortho intramolecular Hbond substituents is 1. The molecule has 5 heteroatoms. The summed E-state index contributed by atoms with van der Waals surface area (Å²) >= 11 is 0. The highest BCUT2D eigenvalue weighted by Crippen LogP contribution is 2.24. The van der Waals surface area contributed by atoms with Crippen LogP contribution in [0.25, 0.3) is 6.08 Å². The molecule has 1 aromatic rings. The van der Waals surface area contributed by atoms with Crippen LogP contribution in [-0.4, -0.2) is 19.7 Å². The number of fused-ring (bicyclic) bond motifs is 1. The smallest absolute Gasteiger partial charge is 0.282 e. The summed E-state index contributed by atoms with van der Waals surface area (Å²) in [5.41, 5.74) is 0.447. The van der Waals surface area contributed by atoms with E-state index in [2.05, 4.69) is 4.40 Å². The first-order valence-corrected chi connectivity index (χ1v) is 5.34. The highest BCUT2D eigenvalue weighted by molar-refractivity contribution is 7.90. The monoisotopic (exact) mass is 209 g/mol. The van der Waals surface area contributed by atoms with Crippen molar-refractivity contribution >= 4 is 22.3 Å². The zero-order valence-corrected chi connectivity index (χ0v) is 7.90. The van der Waals surface area contributed by atoms with Gasteiger partial charge >= 0.3 is 0 Å². The average molecular weight is 209 g/mol. The summed E-state index contributed by atoms with van der Waals surface area (Å²) in [5.74, 6) is 0.0329. The van der Waals surface area contributed by atoms with Crippen LogP contribution < -0.4 is 0 Å². The van der Waals surface area contributed by atoms with Crippen LogP contribution in [0.2, 0.25) is 0 Å². The number of aromatic hydroxyl groups is 1. The van der Waals surface area contributed by atoms with E-state index in [0.29, 0.717) is 5.56 Å². The Hall–Kier alpha value is -1.62. The lowest BCUT2D eigenvalue weighted by atomic mass is 10.2. The summed E-state index contributed by atoms with van der Waals surface area (Å²) in [5, 5.41) is 9.18. The van der Waals surface area contributed by atoms with Crippen molar-refractivity contribution in [2.45, 2.75) is 4.90 Å². The second-order valence-corrected chi connectivity index (χ2v) is 4.41. The first-order valence-electron chi connectivity index (χ1n) is 3.90. The van der Waals surface area contributed by atoms with Gasteiger partial charge in [-0.3, -0.25) is 0 Å². The predicted molar refractivity (Wildman–Crippen MR) is 52.8 cm³/mol. The molecular formula is C9H7NO3S. The molecule has 1 aliphatic rings. The SMILES string of the molecule is O=S1(=O)N=CC=Cc2cc(O)ccc21. The van der Waals surface area contributed by atoms with Gasteiger partial charge in [0.25, 0.3) is 10.0 Å². The molecule has 1 aromatic carbocycles. The van der Waals surface area contributed by atoms with E-state index in [4.69, 9.17) is 0 Å². The second kappa shape index (κ2) is 2.95. The van der Waals surface area contributed by atoms with Gasteiger partial charge in [0.2, 0.25) is 0 Å². The maximum atomic E-state index is 11.5. The minimum Gasteiger partial charge on any atom is -0.508 e. The van der Waals surface area contributed by atoms with E-state index in [1.807, 2.05) is 0 Å². The molecule has 0 saturated carbocycles. The summed E-state index contributed by atoms with van der Waals surface area (Å²) in [6.45, 7) is 0. The van der Waals surface area contributed by atoms with Gasteiger partial charge in [-0.25, -0.2) is 0 Å². The molecule has 72 valence electrons. The summed E-state index contributed by atoms with van der Waals surface area (Å²) in [6.07, 6.45) is 4.32. The van der Waals surface area contributed by atoms with E-state index in [1.54, 1.807) is 6.08 Å². The fourth-order valence-electron chi connectivity index (χ4n) is 1.22. The van der Waals surface area contributed by atoms with Gasteiger partial charge < -0.3 is 5.11 Å². The van der Waals surface area contributed by atoms with Crippen molar-refractivity contribution in [1.29, 1.82) is 0 Å². The molecule has 2 rings (SSSR count). The van der Waals surface area contributed by atoms with Gasteiger partial charge in [-0.15, -0.1) is 0 Å². The van der Waals surface area contributed by atoms with Gasteiger partial charge in [0.05, 0.1) is 4.90 Å². The van der Waals surface area contributed by atoms with Crippen molar-refractivity contribution in [2.75, 3.05) is 0 Å². The normalized spacial score (nSPS) is 17.4. The predicted octanol–water partition coefficient (Wildman–Crippen LogP) is 1.18. The van der Waals surface area contributed by atoms with Crippen molar-refractivity contribution in [3.8, 4) is 5.75 Å². The van der Waals surface area contributed by atoms with E-state index < -0.39 is 10.0 Å². The second-order valence-electron chi connectivity index (χ2n) is 2.81. The minimum absolute atomic E-state index is 0.0329. The molecule has 14 heavy (non-hydrogen) atoms. The van der Waals surface area contributed by atoms with Crippen LogP contribution in [0.1, 0.15) is 5.56 Å². The van der Waals surface area contributed by atoms with Crippen LogP contribution in [-0.2, 0) is 10.0 Å². The Balaban J connectivity index is 2.78. The lowest BCUT2D eigenvalue weighted by Crippen LogP contribution is -1.97. The molecule has 1 aliphatic heterocycles. The summed E-state index contributed by atoms with van der Waals surface area (Å²) < 4.78 is 26.4. The van der Waals surface area contributed by atoms with Crippen LogP contribution in [0.15, 0.2) is 33.6 Å². The Morgan fingerprint density at radius 3 is 2.86 bits per heavy atom. The molecule has 0 atom stereocenters. The lowest BCUT2D eigenvalue weighted by molar-refractivity contribution is 0.474. The lowest BCUT2D eigenvalue weighted by Gasteiger charge is -2.02. The molecular weight excluding hydrogens is 202 g/mol. The molecule has 0 unspecified atom stereocenters. The van der Waals surface area contributed by atoms with E-state index in [0.717, 1.165) is 0 Å². The number of hydrogen-bond donors (Lipinski definition) is 1. The van der Waals surface area contributed by atoms with Crippen LogP contribution >= 0.6 is 0 Å². The molecule has 0 aliphatic carbocycles. The highest BCUT2D eigenvalue weighted by atomic mass is 32.2. The standard InChI is InChI=1S/C9H7NO3S/c11-8-3-4-9-7(6-8)2-1-5-10-14(9,12)13/h1-6,11H. The quantitative estimate of drug-likeness (QED) is 0.697. The van der Waals surface area contributed by atoms with Gasteiger partial charge in [-0.05, 0) is 29.8 Å². The van der Waals surface area contributed by atoms with Crippen LogP contribution in [0.4, 0.5) is 0 Å². The van der Waals surface area contributed by atoms with Crippen LogP contribution in [0.5, 0.6) is 5.75 Å². The third kappa shape index (κ3) is 1.42. The Morgan fingerprint density at radius 2 is 2.07 bits per heavy atom. The third-order valence-corrected chi connectivity index (χ3v) is 3.16. The van der Waals surface area contributed by atoms with Crippen molar-refractivity contribution in [2.24, 2.45) is 4.40 Å². The highest BCUT2D eigenvalue weighted by Gasteiger charge is 2.17. The fourth-order valence-corrected chi connectivity index (χ4v) is 2.23. The van der Waals surface area contributed by atoms with Gasteiger partial charge in [0, 0.05) is 6.21 Å². The van der Waals surface area contributed by atoms with Gasteiger partial charge in [-0.1, -0.05) is 6.08 Å². The molecule has 0 fully saturated rings. The number of hydrogen-bond acceptors (Lipinski definition) is 3. The Kier molecular flexibility index (Phi) is 1.89. The topological polar surface area (TPSA) is 66.7 Å². The van der Waals surface area contributed by atoms with E-state index in [1.165, 1.54) is 30.5 Å². The van der Waals surface area contributed by atoms with Crippen molar-refractivity contribution in [3.05, 3.63) is 29.8 Å². The number of benzene rings is 1. The summed E-state index contributed by atoms with van der Waals surface area (Å²) in [7, 11) is -3.60. The van der Waals surface area contributed by atoms with Crippen molar-refractivity contribution in [1.82, 2.24) is 0 Å². The first kappa shape index (κ1) is 8.96. The molecule has 4 nitrogen and oxygen atoms in total. The van der Waals surface area contributed by atoms with Gasteiger partial charge in [-0.2, -0.15) is 12.8 Å². The minimum atomic E-state index is -3.60. The van der Waals surface area contributed by atoms with E-state index in [9.17, 15) is 13.5 Å². The number of allylic oxidation sites excluding steroid dienone is 1. The molecule has 0 saturated heterocycles. The Labute approximate surface area is 81.3 Å². The number of phenols is 1. The maximum absolute atomic E-state index is 11.5. The van der Waals surface area contributed by atoms with Crippen LogP contribution in [0, 0.1) is 0 Å². The van der Waals surface area contributed by atoms with Gasteiger partial charge in [0.1, 0.15) is 5.75 Å². The number of nitrogens with zero attached hydrogens (tertiary/aromatic N) is 1. The van der Waals surface area contributed by atoms with Crippen molar-refractivity contribution < 1.29 is 13.5 Å². The van der Waals surface area contributed by atoms with E-state index in [-0.39, 0.29) is 10.6 Å². The number of sulfonamides is 1. The molecule has 0 radical (unpaired) electrons. The van der Waals surface area contributed by atoms with Crippen molar-refractivity contribution in [3.63, 3.8) is 0 Å². The fraction of sp³-hybridized carbons (Fsp3) is 0. The maximum Gasteiger partial charge on any atom is 0.282 e. The average Bonchev–Trinajstić information content (AvgIpc) is 2.25. The molecule has 0 bridgehead atoms. The zero-order valence-electron chi connectivity index (χ0n) is 7.08. The van der Waals surface area contributed by atoms with E-state index >= 15 is 0 Å². The summed E-state index contributed by atoms with van der Waals surface area (Å²) in [4.78, 5) is 0.111. The largest absolute Gasteiger partial charge is 0.508 e. The molecule has 1 N–H and O–H groups in total. The third-order valence-electron chi connectivity index (χ3n) is 1.83. The molecule has 0 spiro atoms. The Bertz CT molecular complexity index is 529. The molecule has 0 aromatic heterocycles. The Morgan fingerprint density at radius 1 is 1.29 bits per heavy atom. The number of rotatable bonds is 0. The van der Waals surface area contributed by atoms with Gasteiger partial charge in [0.15, 0.2) is 0 Å². The zero-order chi connectivity index (χ0) is 10.2.